The minimum absolute atomic E-state index is 0.361. The summed E-state index contributed by atoms with van der Waals surface area (Å²) in [5, 5.41) is 3.67. The standard InChI is InChI=1S/C11H18ClNS/c1-3-5-10(12)6-4-7-11-8-14-9(2)13-11/h8,10H,3-7H2,1-2H3. The second-order valence-electron chi connectivity index (χ2n) is 3.64. The van der Waals surface area contributed by atoms with Crippen molar-refractivity contribution >= 4 is 22.9 Å². The number of aromatic nitrogens is 1. The fraction of sp³-hybridized carbons (Fsp3) is 0.727. The number of hydrogen-bond acceptors (Lipinski definition) is 2. The zero-order chi connectivity index (χ0) is 10.4. The molecule has 0 aliphatic heterocycles. The van der Waals surface area contributed by atoms with E-state index in [0.717, 1.165) is 30.7 Å². The van der Waals surface area contributed by atoms with Crippen LogP contribution in [0.2, 0.25) is 0 Å². The van der Waals surface area contributed by atoms with Gasteiger partial charge in [0, 0.05) is 10.8 Å². The predicted octanol–water partition coefficient (Wildman–Crippen LogP) is 4.18. The first-order valence-electron chi connectivity index (χ1n) is 5.27. The number of thiazole rings is 1. The van der Waals surface area contributed by atoms with Crippen LogP contribution in [0.25, 0.3) is 0 Å². The molecule has 0 fully saturated rings. The van der Waals surface area contributed by atoms with E-state index >= 15 is 0 Å². The van der Waals surface area contributed by atoms with E-state index in [1.807, 2.05) is 0 Å². The molecule has 1 rings (SSSR count). The molecule has 0 saturated carbocycles. The zero-order valence-electron chi connectivity index (χ0n) is 8.92. The third-order valence-electron chi connectivity index (χ3n) is 2.22. The molecule has 0 spiro atoms. The minimum atomic E-state index is 0.361. The highest BCUT2D eigenvalue weighted by Crippen LogP contribution is 2.15. The summed E-state index contributed by atoms with van der Waals surface area (Å²) in [6.07, 6.45) is 5.68. The van der Waals surface area contributed by atoms with Crippen molar-refractivity contribution in [2.45, 2.75) is 51.3 Å². The van der Waals surface area contributed by atoms with E-state index in [2.05, 4.69) is 24.2 Å². The Bertz CT molecular complexity index is 260. The first-order valence-corrected chi connectivity index (χ1v) is 6.59. The number of halogens is 1. The molecule has 0 N–H and O–H groups in total. The number of hydrogen-bond donors (Lipinski definition) is 0. The van der Waals surface area contributed by atoms with Crippen LogP contribution in [-0.2, 0) is 6.42 Å². The third kappa shape index (κ3) is 4.43. The summed E-state index contributed by atoms with van der Waals surface area (Å²) < 4.78 is 0. The van der Waals surface area contributed by atoms with Gasteiger partial charge in [-0.3, -0.25) is 0 Å². The molecule has 0 amide bonds. The van der Waals surface area contributed by atoms with Gasteiger partial charge in [0.2, 0.25) is 0 Å². The largest absolute Gasteiger partial charge is 0.247 e. The first kappa shape index (κ1) is 12.0. The van der Waals surface area contributed by atoms with Crippen LogP contribution in [0, 0.1) is 6.92 Å². The molecule has 0 saturated heterocycles. The number of aryl methyl sites for hydroxylation is 2. The van der Waals surface area contributed by atoms with Crippen LogP contribution < -0.4 is 0 Å². The topological polar surface area (TPSA) is 12.9 Å². The van der Waals surface area contributed by atoms with Gasteiger partial charge in [0.25, 0.3) is 0 Å². The van der Waals surface area contributed by atoms with E-state index in [4.69, 9.17) is 11.6 Å². The Balaban J connectivity index is 2.15. The molecule has 1 atom stereocenters. The number of rotatable bonds is 6. The van der Waals surface area contributed by atoms with Crippen molar-refractivity contribution in [3.8, 4) is 0 Å². The van der Waals surface area contributed by atoms with Crippen molar-refractivity contribution < 1.29 is 0 Å². The Kier molecular flexibility index (Phi) is 5.49. The molecular formula is C11H18ClNS. The molecule has 1 heterocycles. The summed E-state index contributed by atoms with van der Waals surface area (Å²) in [6.45, 7) is 4.23. The highest BCUT2D eigenvalue weighted by Gasteiger charge is 2.04. The van der Waals surface area contributed by atoms with Gasteiger partial charge < -0.3 is 0 Å². The highest BCUT2D eigenvalue weighted by atomic mass is 35.5. The van der Waals surface area contributed by atoms with Crippen molar-refractivity contribution in [1.82, 2.24) is 4.98 Å². The van der Waals surface area contributed by atoms with Crippen molar-refractivity contribution in [2.24, 2.45) is 0 Å². The van der Waals surface area contributed by atoms with E-state index in [9.17, 15) is 0 Å². The van der Waals surface area contributed by atoms with Crippen LogP contribution in [0.1, 0.15) is 43.3 Å². The van der Waals surface area contributed by atoms with Crippen molar-refractivity contribution in [3.63, 3.8) is 0 Å². The van der Waals surface area contributed by atoms with Crippen LogP contribution in [0.5, 0.6) is 0 Å². The van der Waals surface area contributed by atoms with E-state index in [1.54, 1.807) is 11.3 Å². The molecule has 1 nitrogen and oxygen atoms in total. The SMILES string of the molecule is CCCC(Cl)CCCc1csc(C)n1. The Morgan fingerprint density at radius 2 is 2.29 bits per heavy atom. The molecule has 0 aliphatic carbocycles. The lowest BCUT2D eigenvalue weighted by Gasteiger charge is -2.05. The van der Waals surface area contributed by atoms with Gasteiger partial charge in [0.05, 0.1) is 10.7 Å². The Morgan fingerprint density at radius 1 is 1.50 bits per heavy atom. The maximum absolute atomic E-state index is 6.13. The lowest BCUT2D eigenvalue weighted by molar-refractivity contribution is 0.636. The molecule has 0 aromatic carbocycles. The van der Waals surface area contributed by atoms with Crippen LogP contribution in [0.3, 0.4) is 0 Å². The molecule has 3 heteroatoms. The quantitative estimate of drug-likeness (QED) is 0.670. The van der Waals surface area contributed by atoms with E-state index in [0.29, 0.717) is 5.38 Å². The monoisotopic (exact) mass is 231 g/mol. The summed E-state index contributed by atoms with van der Waals surface area (Å²) in [5.41, 5.74) is 1.23. The van der Waals surface area contributed by atoms with Gasteiger partial charge in [-0.05, 0) is 32.6 Å². The average molecular weight is 232 g/mol. The molecule has 1 unspecified atom stereocenters. The zero-order valence-corrected chi connectivity index (χ0v) is 10.5. The van der Waals surface area contributed by atoms with E-state index < -0.39 is 0 Å². The smallest absolute Gasteiger partial charge is 0.0897 e. The summed E-state index contributed by atoms with van der Waals surface area (Å²) >= 11 is 7.86. The van der Waals surface area contributed by atoms with Crippen molar-refractivity contribution in [3.05, 3.63) is 16.1 Å². The summed E-state index contributed by atoms with van der Waals surface area (Å²) in [6, 6.07) is 0. The molecule has 1 aromatic rings. The lowest BCUT2D eigenvalue weighted by atomic mass is 10.1. The second kappa shape index (κ2) is 6.41. The average Bonchev–Trinajstić information content (AvgIpc) is 2.52. The van der Waals surface area contributed by atoms with E-state index in [-0.39, 0.29) is 0 Å². The van der Waals surface area contributed by atoms with Gasteiger partial charge >= 0.3 is 0 Å². The maximum Gasteiger partial charge on any atom is 0.0897 e. The first-order chi connectivity index (χ1) is 6.72. The fourth-order valence-corrected chi connectivity index (χ4v) is 2.50. The Morgan fingerprint density at radius 3 is 2.86 bits per heavy atom. The molecule has 0 radical (unpaired) electrons. The van der Waals surface area contributed by atoms with Crippen LogP contribution in [-0.4, -0.2) is 10.4 Å². The van der Waals surface area contributed by atoms with Gasteiger partial charge in [0.15, 0.2) is 0 Å². The lowest BCUT2D eigenvalue weighted by Crippen LogP contribution is -1.98. The molecule has 80 valence electrons. The third-order valence-corrected chi connectivity index (χ3v) is 3.48. The second-order valence-corrected chi connectivity index (χ2v) is 5.32. The summed E-state index contributed by atoms with van der Waals surface area (Å²) in [4.78, 5) is 4.43. The van der Waals surface area contributed by atoms with Crippen LogP contribution >= 0.6 is 22.9 Å². The van der Waals surface area contributed by atoms with Crippen molar-refractivity contribution in [1.29, 1.82) is 0 Å². The molecular weight excluding hydrogens is 214 g/mol. The molecule has 14 heavy (non-hydrogen) atoms. The van der Waals surface area contributed by atoms with Crippen LogP contribution in [0.15, 0.2) is 5.38 Å². The highest BCUT2D eigenvalue weighted by molar-refractivity contribution is 7.09. The molecule has 0 bridgehead atoms. The van der Waals surface area contributed by atoms with Gasteiger partial charge in [-0.2, -0.15) is 0 Å². The molecule has 0 aliphatic rings. The van der Waals surface area contributed by atoms with Gasteiger partial charge in [0.1, 0.15) is 0 Å². The number of alkyl halides is 1. The van der Waals surface area contributed by atoms with Gasteiger partial charge in [-0.1, -0.05) is 13.3 Å². The van der Waals surface area contributed by atoms with Gasteiger partial charge in [-0.25, -0.2) is 4.98 Å². The van der Waals surface area contributed by atoms with Gasteiger partial charge in [-0.15, -0.1) is 22.9 Å². The van der Waals surface area contributed by atoms with E-state index in [1.165, 1.54) is 12.1 Å². The van der Waals surface area contributed by atoms with Crippen LogP contribution in [0.4, 0.5) is 0 Å². The number of nitrogens with zero attached hydrogens (tertiary/aromatic N) is 1. The fourth-order valence-electron chi connectivity index (χ4n) is 1.49. The minimum Gasteiger partial charge on any atom is -0.247 e. The summed E-state index contributed by atoms with van der Waals surface area (Å²) in [7, 11) is 0. The normalized spacial score (nSPS) is 13.1. The van der Waals surface area contributed by atoms with Crippen molar-refractivity contribution in [2.75, 3.05) is 0 Å². The maximum atomic E-state index is 6.13. The summed E-state index contributed by atoms with van der Waals surface area (Å²) in [5.74, 6) is 0. The predicted molar refractivity (Wildman–Crippen MR) is 64.3 cm³/mol. The Hall–Kier alpha value is -0.0800. The molecule has 1 aromatic heterocycles. The Labute approximate surface area is 95.5 Å².